The summed E-state index contributed by atoms with van der Waals surface area (Å²) in [6.07, 6.45) is 15.1. The number of ether oxygens (including phenoxy) is 1. The number of hydrogen-bond donors (Lipinski definition) is 1. The fraction of sp³-hybridized carbons (Fsp3) is 0.609. The van der Waals surface area contributed by atoms with E-state index in [1.807, 2.05) is 0 Å². The van der Waals surface area contributed by atoms with Gasteiger partial charge in [-0.3, -0.25) is 0 Å². The van der Waals surface area contributed by atoms with Crippen LogP contribution in [0.5, 0.6) is 0 Å². The highest BCUT2D eigenvalue weighted by Crippen LogP contribution is 2.43. The molecular weight excluding hydrogens is 322 g/mol. The Labute approximate surface area is 157 Å². The fourth-order valence-electron chi connectivity index (χ4n) is 5.12. The summed E-state index contributed by atoms with van der Waals surface area (Å²) >= 11 is 0. The maximum absolute atomic E-state index is 11.4. The molecule has 0 radical (unpaired) electrons. The van der Waals surface area contributed by atoms with Gasteiger partial charge in [0.05, 0.1) is 5.54 Å². The molecule has 3 heteroatoms. The number of carbonyl (C=O) groups excluding carboxylic acids is 1. The summed E-state index contributed by atoms with van der Waals surface area (Å²) in [6.45, 7) is 2.74. The first kappa shape index (κ1) is 17.6. The molecule has 0 unspecified atom stereocenters. The van der Waals surface area contributed by atoms with Gasteiger partial charge in [0.1, 0.15) is 6.61 Å². The van der Waals surface area contributed by atoms with Gasteiger partial charge in [0.15, 0.2) is 0 Å². The predicted molar refractivity (Wildman–Crippen MR) is 104 cm³/mol. The normalized spacial score (nSPS) is 30.6. The maximum atomic E-state index is 11.4. The number of alkyl carbamates (subject to hydrolysis) is 1. The molecule has 0 aromatic heterocycles. The van der Waals surface area contributed by atoms with Crippen LogP contribution in [0.15, 0.2) is 30.4 Å². The lowest BCUT2D eigenvalue weighted by molar-refractivity contribution is 0.172. The minimum atomic E-state index is -0.240. The number of carbonyl (C=O) groups is 1. The van der Waals surface area contributed by atoms with E-state index < -0.39 is 0 Å². The van der Waals surface area contributed by atoms with Gasteiger partial charge < -0.3 is 10.1 Å². The van der Waals surface area contributed by atoms with E-state index in [0.717, 1.165) is 31.6 Å². The van der Waals surface area contributed by atoms with Gasteiger partial charge in [0.25, 0.3) is 0 Å². The number of cyclic esters (lactones) is 1. The highest BCUT2D eigenvalue weighted by Gasteiger charge is 2.46. The average Bonchev–Trinajstić information content (AvgIpc) is 3.24. The van der Waals surface area contributed by atoms with E-state index in [1.165, 1.54) is 37.7 Å². The smallest absolute Gasteiger partial charge is 0.407 e. The van der Waals surface area contributed by atoms with E-state index in [4.69, 9.17) is 4.74 Å². The molecular formula is C23H31NO2. The summed E-state index contributed by atoms with van der Waals surface area (Å²) in [5.74, 6) is 1.40. The van der Waals surface area contributed by atoms with Crippen LogP contribution in [0.2, 0.25) is 0 Å². The third-order valence-electron chi connectivity index (χ3n) is 6.63. The van der Waals surface area contributed by atoms with Crippen molar-refractivity contribution >= 4 is 6.09 Å². The zero-order chi connectivity index (χ0) is 18.0. The van der Waals surface area contributed by atoms with Crippen LogP contribution in [0.3, 0.4) is 0 Å². The standard InChI is InChI=1S/C23H31NO2/c1-2-3-4-5-6-17-7-8-19-14-20(10-9-18(19)13-17)21-11-12-23(15-21)16-26-22(25)24-23/h3-4,9-10,14,17,21H,2,5-8,11-13,15-16H2,1H3,(H,24,25)/b4-3-/t17-,21+,23-/m1/s1. The van der Waals surface area contributed by atoms with Crippen LogP contribution in [-0.4, -0.2) is 18.2 Å². The molecule has 0 bridgehead atoms. The second-order valence-corrected chi connectivity index (χ2v) is 8.52. The third kappa shape index (κ3) is 3.67. The van der Waals surface area contributed by atoms with Crippen molar-refractivity contribution in [1.29, 1.82) is 0 Å². The molecule has 4 rings (SSSR count). The van der Waals surface area contributed by atoms with Crippen molar-refractivity contribution in [1.82, 2.24) is 5.32 Å². The van der Waals surface area contributed by atoms with Gasteiger partial charge in [-0.05, 0) is 86.3 Å². The molecule has 3 nitrogen and oxygen atoms in total. The van der Waals surface area contributed by atoms with Crippen molar-refractivity contribution in [2.24, 2.45) is 5.92 Å². The molecule has 3 atom stereocenters. The Morgan fingerprint density at radius 3 is 3.00 bits per heavy atom. The van der Waals surface area contributed by atoms with Crippen molar-refractivity contribution in [3.8, 4) is 0 Å². The molecule has 1 amide bonds. The summed E-state index contributed by atoms with van der Waals surface area (Å²) in [4.78, 5) is 11.4. The topological polar surface area (TPSA) is 38.3 Å². The first-order chi connectivity index (χ1) is 12.7. The average molecular weight is 354 g/mol. The number of nitrogens with one attached hydrogen (secondary N) is 1. The summed E-state index contributed by atoms with van der Waals surface area (Å²) in [5, 5.41) is 3.06. The van der Waals surface area contributed by atoms with Crippen molar-refractivity contribution < 1.29 is 9.53 Å². The molecule has 1 N–H and O–H groups in total. The van der Waals surface area contributed by atoms with Crippen LogP contribution in [0.4, 0.5) is 4.79 Å². The summed E-state index contributed by atoms with van der Waals surface area (Å²) in [5.41, 5.74) is 4.49. The fourth-order valence-corrected chi connectivity index (χ4v) is 5.12. The first-order valence-electron chi connectivity index (χ1n) is 10.4. The largest absolute Gasteiger partial charge is 0.447 e. The van der Waals surface area contributed by atoms with Gasteiger partial charge in [-0.1, -0.05) is 37.3 Å². The number of aryl methyl sites for hydroxylation is 1. The van der Waals surface area contributed by atoms with Crippen LogP contribution in [0.1, 0.15) is 74.5 Å². The molecule has 1 spiro atoms. The van der Waals surface area contributed by atoms with Crippen molar-refractivity contribution in [2.45, 2.75) is 76.2 Å². The number of rotatable bonds is 5. The lowest BCUT2D eigenvalue weighted by Crippen LogP contribution is -2.40. The monoisotopic (exact) mass is 353 g/mol. The molecule has 1 aliphatic heterocycles. The van der Waals surface area contributed by atoms with Crippen molar-refractivity contribution in [3.63, 3.8) is 0 Å². The Bertz CT molecular complexity index is 695. The van der Waals surface area contributed by atoms with Crippen molar-refractivity contribution in [2.75, 3.05) is 6.61 Å². The van der Waals surface area contributed by atoms with E-state index in [0.29, 0.717) is 12.5 Å². The highest BCUT2D eigenvalue weighted by atomic mass is 16.6. The molecule has 1 aromatic carbocycles. The Kier molecular flexibility index (Phi) is 5.06. The van der Waals surface area contributed by atoms with E-state index in [-0.39, 0.29) is 11.6 Å². The van der Waals surface area contributed by atoms with Crippen LogP contribution >= 0.6 is 0 Å². The lowest BCUT2D eigenvalue weighted by Gasteiger charge is -2.26. The van der Waals surface area contributed by atoms with Crippen LogP contribution < -0.4 is 5.32 Å². The van der Waals surface area contributed by atoms with Gasteiger partial charge in [0.2, 0.25) is 0 Å². The van der Waals surface area contributed by atoms with E-state index >= 15 is 0 Å². The minimum absolute atomic E-state index is 0.102. The summed E-state index contributed by atoms with van der Waals surface area (Å²) < 4.78 is 5.17. The Balaban J connectivity index is 1.38. The van der Waals surface area contributed by atoms with Gasteiger partial charge in [-0.2, -0.15) is 0 Å². The molecule has 26 heavy (non-hydrogen) atoms. The molecule has 1 saturated heterocycles. The van der Waals surface area contributed by atoms with Gasteiger partial charge in [-0.25, -0.2) is 4.79 Å². The number of fused-ring (bicyclic) bond motifs is 1. The Morgan fingerprint density at radius 1 is 1.27 bits per heavy atom. The van der Waals surface area contributed by atoms with Gasteiger partial charge in [0, 0.05) is 0 Å². The molecule has 3 aliphatic rings. The maximum Gasteiger partial charge on any atom is 0.407 e. The zero-order valence-electron chi connectivity index (χ0n) is 15.9. The zero-order valence-corrected chi connectivity index (χ0v) is 15.9. The quantitative estimate of drug-likeness (QED) is 0.731. The number of hydrogen-bond acceptors (Lipinski definition) is 2. The minimum Gasteiger partial charge on any atom is -0.447 e. The number of allylic oxidation sites excluding steroid dienone is 2. The van der Waals surface area contributed by atoms with E-state index in [1.54, 1.807) is 11.1 Å². The first-order valence-corrected chi connectivity index (χ1v) is 10.4. The molecule has 1 saturated carbocycles. The number of benzene rings is 1. The van der Waals surface area contributed by atoms with Gasteiger partial charge in [-0.15, -0.1) is 0 Å². The molecule has 140 valence electrons. The second-order valence-electron chi connectivity index (χ2n) is 8.52. The SMILES string of the molecule is CC/C=C\CC[C@@H]1CCc2cc([C@H]3CC[C@]4(COC(=O)N4)C3)ccc2C1. The van der Waals surface area contributed by atoms with Crippen molar-refractivity contribution in [3.05, 3.63) is 47.0 Å². The van der Waals surface area contributed by atoms with Crippen LogP contribution in [0, 0.1) is 5.92 Å². The summed E-state index contributed by atoms with van der Waals surface area (Å²) in [6, 6.07) is 7.19. The highest BCUT2D eigenvalue weighted by molar-refractivity contribution is 5.70. The second kappa shape index (κ2) is 7.46. The van der Waals surface area contributed by atoms with Gasteiger partial charge >= 0.3 is 6.09 Å². The lowest BCUT2D eigenvalue weighted by atomic mass is 9.80. The Hall–Kier alpha value is -1.77. The molecule has 2 aliphatic carbocycles. The Morgan fingerprint density at radius 2 is 2.19 bits per heavy atom. The van der Waals surface area contributed by atoms with E-state index in [2.05, 4.69) is 42.6 Å². The molecule has 1 aromatic rings. The summed E-state index contributed by atoms with van der Waals surface area (Å²) in [7, 11) is 0. The third-order valence-corrected chi connectivity index (χ3v) is 6.63. The molecule has 1 heterocycles. The van der Waals surface area contributed by atoms with Crippen LogP contribution in [0.25, 0.3) is 0 Å². The molecule has 2 fully saturated rings. The van der Waals surface area contributed by atoms with Crippen LogP contribution in [-0.2, 0) is 17.6 Å². The van der Waals surface area contributed by atoms with E-state index in [9.17, 15) is 4.79 Å². The number of amides is 1. The predicted octanol–water partition coefficient (Wildman–Crippen LogP) is 5.28.